The SMILES string of the molecule is NCc1ncc(C(F)F)c(C=O)c1Cl. The first-order valence-corrected chi connectivity index (χ1v) is 4.10. The monoisotopic (exact) mass is 220 g/mol. The van der Waals surface area contributed by atoms with Gasteiger partial charge in [-0.05, 0) is 0 Å². The molecular formula is C8H7ClF2N2O. The highest BCUT2D eigenvalue weighted by atomic mass is 35.5. The zero-order valence-electron chi connectivity index (χ0n) is 7.01. The van der Waals surface area contributed by atoms with Crippen molar-refractivity contribution in [2.75, 3.05) is 0 Å². The molecule has 0 atom stereocenters. The number of hydrogen-bond acceptors (Lipinski definition) is 3. The smallest absolute Gasteiger partial charge is 0.266 e. The lowest BCUT2D eigenvalue weighted by Gasteiger charge is -2.07. The van der Waals surface area contributed by atoms with Gasteiger partial charge in [-0.25, -0.2) is 8.78 Å². The Morgan fingerprint density at radius 3 is 2.71 bits per heavy atom. The molecule has 2 N–H and O–H groups in total. The summed E-state index contributed by atoms with van der Waals surface area (Å²) < 4.78 is 24.7. The number of pyridine rings is 1. The first-order chi connectivity index (χ1) is 6.61. The van der Waals surface area contributed by atoms with Gasteiger partial charge in [0.05, 0.1) is 10.7 Å². The number of nitrogens with zero attached hydrogens (tertiary/aromatic N) is 1. The van der Waals surface area contributed by atoms with E-state index in [1.165, 1.54) is 0 Å². The van der Waals surface area contributed by atoms with E-state index in [1.54, 1.807) is 0 Å². The first kappa shape index (κ1) is 11.0. The van der Waals surface area contributed by atoms with Crippen LogP contribution in [0.5, 0.6) is 0 Å². The zero-order chi connectivity index (χ0) is 10.7. The fourth-order valence-corrected chi connectivity index (χ4v) is 1.27. The number of halogens is 3. The molecule has 1 rings (SSSR count). The Morgan fingerprint density at radius 1 is 1.64 bits per heavy atom. The Balaban J connectivity index is 3.35. The number of alkyl halides is 2. The fourth-order valence-electron chi connectivity index (χ4n) is 0.992. The molecule has 76 valence electrons. The molecule has 3 nitrogen and oxygen atoms in total. The summed E-state index contributed by atoms with van der Waals surface area (Å²) in [6.45, 7) is 0.00317. The molecule has 1 aromatic rings. The van der Waals surface area contributed by atoms with Crippen molar-refractivity contribution in [3.8, 4) is 0 Å². The average molecular weight is 221 g/mol. The van der Waals surface area contributed by atoms with Crippen molar-refractivity contribution < 1.29 is 13.6 Å². The quantitative estimate of drug-likeness (QED) is 0.792. The fraction of sp³-hybridized carbons (Fsp3) is 0.250. The maximum atomic E-state index is 12.3. The van der Waals surface area contributed by atoms with Crippen LogP contribution in [0.3, 0.4) is 0 Å². The van der Waals surface area contributed by atoms with Crippen LogP contribution in [0.2, 0.25) is 5.02 Å². The molecular weight excluding hydrogens is 214 g/mol. The minimum absolute atomic E-state index is 0.00317. The maximum absolute atomic E-state index is 12.3. The van der Waals surface area contributed by atoms with Gasteiger partial charge < -0.3 is 5.73 Å². The topological polar surface area (TPSA) is 56.0 Å². The molecule has 0 spiro atoms. The number of aldehydes is 1. The third kappa shape index (κ3) is 1.88. The predicted octanol–water partition coefficient (Wildman–Crippen LogP) is 1.94. The van der Waals surface area contributed by atoms with Gasteiger partial charge in [0, 0.05) is 23.9 Å². The minimum Gasteiger partial charge on any atom is -0.325 e. The van der Waals surface area contributed by atoms with Crippen molar-refractivity contribution in [1.29, 1.82) is 0 Å². The van der Waals surface area contributed by atoms with E-state index >= 15 is 0 Å². The van der Waals surface area contributed by atoms with Gasteiger partial charge in [-0.3, -0.25) is 9.78 Å². The molecule has 14 heavy (non-hydrogen) atoms. The number of hydrogen-bond donors (Lipinski definition) is 1. The van der Waals surface area contributed by atoms with Crippen molar-refractivity contribution in [2.45, 2.75) is 13.0 Å². The van der Waals surface area contributed by atoms with Crippen molar-refractivity contribution in [3.05, 3.63) is 28.0 Å². The van der Waals surface area contributed by atoms with E-state index in [2.05, 4.69) is 4.98 Å². The van der Waals surface area contributed by atoms with E-state index in [9.17, 15) is 13.6 Å². The van der Waals surface area contributed by atoms with Crippen LogP contribution in [-0.2, 0) is 6.54 Å². The molecule has 0 amide bonds. The minimum atomic E-state index is -2.77. The number of carbonyl (C=O) groups is 1. The van der Waals surface area contributed by atoms with Crippen LogP contribution in [-0.4, -0.2) is 11.3 Å². The molecule has 0 aliphatic carbocycles. The third-order valence-electron chi connectivity index (χ3n) is 1.71. The second-order valence-electron chi connectivity index (χ2n) is 2.51. The Labute approximate surface area is 83.9 Å². The molecule has 1 heterocycles. The van der Waals surface area contributed by atoms with Gasteiger partial charge in [0.2, 0.25) is 0 Å². The highest BCUT2D eigenvalue weighted by Gasteiger charge is 2.18. The van der Waals surface area contributed by atoms with Gasteiger partial charge in [0.15, 0.2) is 6.29 Å². The summed E-state index contributed by atoms with van der Waals surface area (Å²) in [4.78, 5) is 14.2. The molecule has 0 aliphatic heterocycles. The Morgan fingerprint density at radius 2 is 2.29 bits per heavy atom. The van der Waals surface area contributed by atoms with Crippen molar-refractivity contribution in [3.63, 3.8) is 0 Å². The molecule has 0 fully saturated rings. The van der Waals surface area contributed by atoms with Crippen molar-refractivity contribution in [2.24, 2.45) is 5.73 Å². The largest absolute Gasteiger partial charge is 0.325 e. The number of aromatic nitrogens is 1. The van der Waals surface area contributed by atoms with Crippen molar-refractivity contribution >= 4 is 17.9 Å². The standard InChI is InChI=1S/C8H7ClF2N2O/c9-7-5(3-14)4(8(10)11)2-13-6(7)1-12/h2-3,8H,1,12H2. The van der Waals surface area contributed by atoms with Crippen LogP contribution < -0.4 is 5.73 Å². The van der Waals surface area contributed by atoms with Gasteiger partial charge in [-0.15, -0.1) is 0 Å². The van der Waals surface area contributed by atoms with E-state index in [0.717, 1.165) is 6.20 Å². The van der Waals surface area contributed by atoms with E-state index in [4.69, 9.17) is 17.3 Å². The summed E-state index contributed by atoms with van der Waals surface area (Å²) >= 11 is 5.65. The van der Waals surface area contributed by atoms with Crippen LogP contribution >= 0.6 is 11.6 Å². The Bertz CT molecular complexity index is 357. The molecule has 0 unspecified atom stereocenters. The third-order valence-corrected chi connectivity index (χ3v) is 2.13. The van der Waals surface area contributed by atoms with Crippen LogP contribution in [0.1, 0.15) is 28.0 Å². The molecule has 1 aromatic heterocycles. The second-order valence-corrected chi connectivity index (χ2v) is 2.89. The highest BCUT2D eigenvalue weighted by Crippen LogP contribution is 2.27. The first-order valence-electron chi connectivity index (χ1n) is 3.72. The van der Waals surface area contributed by atoms with Crippen LogP contribution in [0.15, 0.2) is 6.20 Å². The Kier molecular flexibility index (Phi) is 3.49. The number of carbonyl (C=O) groups excluding carboxylic acids is 1. The summed E-state index contributed by atoms with van der Waals surface area (Å²) in [7, 11) is 0. The summed E-state index contributed by atoms with van der Waals surface area (Å²) in [5.74, 6) is 0. The van der Waals surface area contributed by atoms with E-state index in [-0.39, 0.29) is 29.1 Å². The van der Waals surface area contributed by atoms with E-state index in [0.29, 0.717) is 0 Å². The van der Waals surface area contributed by atoms with Crippen molar-refractivity contribution in [1.82, 2.24) is 4.98 Å². The van der Waals surface area contributed by atoms with E-state index < -0.39 is 12.0 Å². The van der Waals surface area contributed by atoms with Crippen LogP contribution in [0.25, 0.3) is 0 Å². The van der Waals surface area contributed by atoms with Gasteiger partial charge in [0.1, 0.15) is 0 Å². The summed E-state index contributed by atoms with van der Waals surface area (Å²) in [5.41, 5.74) is 4.78. The average Bonchev–Trinajstić information content (AvgIpc) is 2.17. The van der Waals surface area contributed by atoms with Gasteiger partial charge >= 0.3 is 0 Å². The van der Waals surface area contributed by atoms with Gasteiger partial charge in [-0.2, -0.15) is 0 Å². The number of nitrogens with two attached hydrogens (primary N) is 1. The molecule has 0 aliphatic rings. The number of rotatable bonds is 3. The summed E-state index contributed by atoms with van der Waals surface area (Å²) in [6, 6.07) is 0. The second kappa shape index (κ2) is 4.43. The highest BCUT2D eigenvalue weighted by molar-refractivity contribution is 6.33. The molecule has 6 heteroatoms. The van der Waals surface area contributed by atoms with Crippen LogP contribution in [0, 0.1) is 0 Å². The lowest BCUT2D eigenvalue weighted by atomic mass is 10.1. The zero-order valence-corrected chi connectivity index (χ0v) is 7.76. The lowest BCUT2D eigenvalue weighted by molar-refractivity contribution is 0.110. The summed E-state index contributed by atoms with van der Waals surface area (Å²) in [5, 5.41) is -0.0969. The molecule has 0 aromatic carbocycles. The Hall–Kier alpha value is -1.07. The van der Waals surface area contributed by atoms with Gasteiger partial charge in [0.25, 0.3) is 6.43 Å². The molecule has 0 radical (unpaired) electrons. The summed E-state index contributed by atoms with van der Waals surface area (Å²) in [6.07, 6.45) is -1.57. The predicted molar refractivity (Wildman–Crippen MR) is 47.5 cm³/mol. The lowest BCUT2D eigenvalue weighted by Crippen LogP contribution is -2.05. The molecule has 0 bridgehead atoms. The normalized spacial score (nSPS) is 10.6. The molecule has 0 saturated carbocycles. The van der Waals surface area contributed by atoms with Gasteiger partial charge in [-0.1, -0.05) is 11.6 Å². The van der Waals surface area contributed by atoms with Crippen LogP contribution in [0.4, 0.5) is 8.78 Å². The molecule has 0 saturated heterocycles. The van der Waals surface area contributed by atoms with E-state index in [1.807, 2.05) is 0 Å². The maximum Gasteiger partial charge on any atom is 0.266 e.